The largest absolute Gasteiger partial charge is 0.352 e. The van der Waals surface area contributed by atoms with Crippen molar-refractivity contribution in [1.29, 1.82) is 0 Å². The summed E-state index contributed by atoms with van der Waals surface area (Å²) >= 11 is 0. The molecule has 1 aliphatic heterocycles. The van der Waals surface area contributed by atoms with Crippen LogP contribution in [0, 0.1) is 5.92 Å². The number of hydrogen-bond donors (Lipinski definition) is 1. The zero-order valence-corrected chi connectivity index (χ0v) is 12.7. The van der Waals surface area contributed by atoms with Crippen molar-refractivity contribution in [2.45, 2.75) is 17.7 Å². The molecule has 0 aromatic heterocycles. The van der Waals surface area contributed by atoms with Gasteiger partial charge in [0.25, 0.3) is 0 Å². The Morgan fingerprint density at radius 2 is 2.10 bits per heavy atom. The van der Waals surface area contributed by atoms with E-state index in [9.17, 15) is 13.2 Å². The number of sulfonamides is 1. The third kappa shape index (κ3) is 3.71. The van der Waals surface area contributed by atoms with Crippen molar-refractivity contribution in [3.63, 3.8) is 0 Å². The van der Waals surface area contributed by atoms with E-state index < -0.39 is 10.0 Å². The molecule has 114 valence electrons. The van der Waals surface area contributed by atoms with E-state index in [1.54, 1.807) is 36.4 Å². The van der Waals surface area contributed by atoms with Crippen LogP contribution in [-0.4, -0.2) is 38.3 Å². The minimum absolute atomic E-state index is 0.108. The van der Waals surface area contributed by atoms with Crippen molar-refractivity contribution >= 4 is 15.9 Å². The van der Waals surface area contributed by atoms with Crippen molar-refractivity contribution in [2.75, 3.05) is 19.6 Å². The van der Waals surface area contributed by atoms with Gasteiger partial charge >= 0.3 is 0 Å². The first-order chi connectivity index (χ1) is 10.1. The summed E-state index contributed by atoms with van der Waals surface area (Å²) in [5.74, 6) is -0.403. The lowest BCUT2D eigenvalue weighted by molar-refractivity contribution is -0.125. The van der Waals surface area contributed by atoms with E-state index >= 15 is 0 Å². The van der Waals surface area contributed by atoms with Gasteiger partial charge in [0, 0.05) is 19.6 Å². The monoisotopic (exact) mass is 308 g/mol. The molecule has 6 heteroatoms. The Bertz CT molecular complexity index is 599. The summed E-state index contributed by atoms with van der Waals surface area (Å²) in [6.07, 6.45) is 3.02. The second-order valence-corrected chi connectivity index (χ2v) is 6.99. The molecule has 0 bridgehead atoms. The molecule has 5 nitrogen and oxygen atoms in total. The van der Waals surface area contributed by atoms with Gasteiger partial charge in [0.1, 0.15) is 0 Å². The van der Waals surface area contributed by atoms with Crippen molar-refractivity contribution in [3.05, 3.63) is 43.0 Å². The Kier molecular flexibility index (Phi) is 5.14. The van der Waals surface area contributed by atoms with E-state index in [1.807, 2.05) is 0 Å². The van der Waals surface area contributed by atoms with Crippen LogP contribution in [0.1, 0.15) is 12.8 Å². The maximum atomic E-state index is 12.5. The number of nitrogens with one attached hydrogen (secondary N) is 1. The molecular formula is C15H20N2O3S. The first-order valence-corrected chi connectivity index (χ1v) is 8.43. The predicted molar refractivity (Wildman–Crippen MR) is 81.1 cm³/mol. The molecule has 1 aliphatic rings. The average Bonchev–Trinajstić information content (AvgIpc) is 2.53. The highest BCUT2D eigenvalue weighted by atomic mass is 32.2. The molecule has 1 unspecified atom stereocenters. The second-order valence-electron chi connectivity index (χ2n) is 5.05. The van der Waals surface area contributed by atoms with Crippen molar-refractivity contribution in [1.82, 2.24) is 9.62 Å². The lowest BCUT2D eigenvalue weighted by Gasteiger charge is -2.31. The third-order valence-electron chi connectivity index (χ3n) is 3.56. The Hall–Kier alpha value is -1.66. The minimum atomic E-state index is -3.52. The fraction of sp³-hybridized carbons (Fsp3) is 0.400. The maximum Gasteiger partial charge on any atom is 0.243 e. The molecule has 0 aliphatic carbocycles. The molecule has 0 saturated carbocycles. The molecule has 0 radical (unpaired) electrons. The van der Waals surface area contributed by atoms with Crippen LogP contribution >= 0.6 is 0 Å². The molecule has 1 aromatic carbocycles. The van der Waals surface area contributed by atoms with Crippen LogP contribution in [0.3, 0.4) is 0 Å². The number of carbonyl (C=O) groups is 1. The highest BCUT2D eigenvalue weighted by Crippen LogP contribution is 2.23. The molecular weight excluding hydrogens is 288 g/mol. The van der Waals surface area contributed by atoms with Gasteiger partial charge in [-0.15, -0.1) is 6.58 Å². The van der Waals surface area contributed by atoms with E-state index in [0.717, 1.165) is 0 Å². The van der Waals surface area contributed by atoms with Gasteiger partial charge in [-0.05, 0) is 25.0 Å². The molecule has 1 N–H and O–H groups in total. The van der Waals surface area contributed by atoms with Crippen LogP contribution < -0.4 is 5.32 Å². The molecule has 1 saturated heterocycles. The lowest BCUT2D eigenvalue weighted by Crippen LogP contribution is -2.45. The van der Waals surface area contributed by atoms with Gasteiger partial charge in [0.15, 0.2) is 0 Å². The van der Waals surface area contributed by atoms with E-state index in [1.165, 1.54) is 4.31 Å². The summed E-state index contributed by atoms with van der Waals surface area (Å²) in [6.45, 7) is 4.65. The van der Waals surface area contributed by atoms with Gasteiger partial charge in [-0.3, -0.25) is 4.79 Å². The smallest absolute Gasteiger partial charge is 0.243 e. The summed E-state index contributed by atoms with van der Waals surface area (Å²) < 4.78 is 26.5. The molecule has 1 heterocycles. The van der Waals surface area contributed by atoms with Crippen molar-refractivity contribution < 1.29 is 13.2 Å². The number of piperidine rings is 1. The molecule has 1 aromatic rings. The first kappa shape index (κ1) is 15.7. The molecule has 1 fully saturated rings. The van der Waals surface area contributed by atoms with Gasteiger partial charge < -0.3 is 5.32 Å². The average molecular weight is 308 g/mol. The molecule has 1 amide bonds. The SMILES string of the molecule is C=CCNC(=O)C1CCCN(S(=O)(=O)c2ccccc2)C1. The fourth-order valence-corrected chi connectivity index (χ4v) is 3.98. The van der Waals surface area contributed by atoms with Crippen LogP contribution in [0.5, 0.6) is 0 Å². The number of nitrogens with zero attached hydrogens (tertiary/aromatic N) is 1. The lowest BCUT2D eigenvalue weighted by atomic mass is 9.99. The quantitative estimate of drug-likeness (QED) is 0.836. The summed E-state index contributed by atoms with van der Waals surface area (Å²) in [5, 5.41) is 2.74. The van der Waals surface area contributed by atoms with Gasteiger partial charge in [0.2, 0.25) is 15.9 Å². The van der Waals surface area contributed by atoms with Gasteiger partial charge in [0.05, 0.1) is 10.8 Å². The fourth-order valence-electron chi connectivity index (χ4n) is 2.43. The zero-order valence-electron chi connectivity index (χ0n) is 11.9. The minimum Gasteiger partial charge on any atom is -0.352 e. The van der Waals surface area contributed by atoms with Crippen LogP contribution in [0.2, 0.25) is 0 Å². The van der Waals surface area contributed by atoms with Crippen LogP contribution in [-0.2, 0) is 14.8 Å². The number of rotatable bonds is 5. The highest BCUT2D eigenvalue weighted by Gasteiger charge is 2.32. The third-order valence-corrected chi connectivity index (χ3v) is 5.44. The molecule has 2 rings (SSSR count). The summed E-state index contributed by atoms with van der Waals surface area (Å²) in [7, 11) is -3.52. The molecule has 1 atom stereocenters. The number of hydrogen-bond acceptors (Lipinski definition) is 3. The first-order valence-electron chi connectivity index (χ1n) is 6.99. The highest BCUT2D eigenvalue weighted by molar-refractivity contribution is 7.89. The summed E-state index contributed by atoms with van der Waals surface area (Å²) in [6, 6.07) is 8.34. The zero-order chi connectivity index (χ0) is 15.3. The standard InChI is InChI=1S/C15H20N2O3S/c1-2-10-16-15(18)13-7-6-11-17(12-13)21(19,20)14-8-4-3-5-9-14/h2-5,8-9,13H,1,6-7,10-12H2,(H,16,18). The Labute approximate surface area is 125 Å². The second kappa shape index (κ2) is 6.87. The van der Waals surface area contributed by atoms with E-state index in [-0.39, 0.29) is 23.3 Å². The van der Waals surface area contributed by atoms with E-state index in [0.29, 0.717) is 25.9 Å². The maximum absolute atomic E-state index is 12.5. The Morgan fingerprint density at radius 3 is 2.76 bits per heavy atom. The topological polar surface area (TPSA) is 66.5 Å². The van der Waals surface area contributed by atoms with E-state index in [4.69, 9.17) is 0 Å². The van der Waals surface area contributed by atoms with Crippen molar-refractivity contribution in [2.24, 2.45) is 5.92 Å². The summed E-state index contributed by atoms with van der Waals surface area (Å²) in [5.41, 5.74) is 0. The van der Waals surface area contributed by atoms with Gasteiger partial charge in [-0.1, -0.05) is 24.3 Å². The van der Waals surface area contributed by atoms with Crippen molar-refractivity contribution in [3.8, 4) is 0 Å². The number of amides is 1. The van der Waals surface area contributed by atoms with Crippen LogP contribution in [0.25, 0.3) is 0 Å². The Morgan fingerprint density at radius 1 is 1.38 bits per heavy atom. The summed E-state index contributed by atoms with van der Waals surface area (Å²) in [4.78, 5) is 12.3. The predicted octanol–water partition coefficient (Wildman–Crippen LogP) is 1.39. The number of benzene rings is 1. The van der Waals surface area contributed by atoms with E-state index in [2.05, 4.69) is 11.9 Å². The van der Waals surface area contributed by atoms with Crippen LogP contribution in [0.15, 0.2) is 47.9 Å². The molecule has 21 heavy (non-hydrogen) atoms. The molecule has 0 spiro atoms. The van der Waals surface area contributed by atoms with Crippen LogP contribution in [0.4, 0.5) is 0 Å². The van der Waals surface area contributed by atoms with Gasteiger partial charge in [-0.2, -0.15) is 4.31 Å². The van der Waals surface area contributed by atoms with Gasteiger partial charge in [-0.25, -0.2) is 8.42 Å². The normalized spacial score (nSPS) is 19.9. The Balaban J connectivity index is 2.10. The number of carbonyl (C=O) groups excluding carboxylic acids is 1.